The Hall–Kier alpha value is -3.90. The SMILES string of the molecule is Cc1cc([C@@H]2OC=C(C(N)=O)N2c2cc3oc(N4CCOCC4)nc3nc2N2CCC(O)C2)ccn1. The Bertz CT molecular complexity index is 1340. The smallest absolute Gasteiger partial charge is 0.300 e. The molecule has 188 valence electrons. The molecule has 2 saturated heterocycles. The van der Waals surface area contributed by atoms with Crippen molar-refractivity contribution in [1.29, 1.82) is 0 Å². The number of oxazole rings is 1. The summed E-state index contributed by atoms with van der Waals surface area (Å²) in [4.78, 5) is 32.0. The van der Waals surface area contributed by atoms with Crippen LogP contribution in [-0.4, -0.2) is 71.5 Å². The molecule has 0 spiro atoms. The van der Waals surface area contributed by atoms with Gasteiger partial charge in [0.1, 0.15) is 12.0 Å². The first kappa shape index (κ1) is 22.6. The number of nitrogens with two attached hydrogens (primary N) is 1. The van der Waals surface area contributed by atoms with E-state index >= 15 is 0 Å². The first-order chi connectivity index (χ1) is 17.5. The van der Waals surface area contributed by atoms with Crippen molar-refractivity contribution in [2.75, 3.05) is 54.1 Å². The number of pyridine rings is 2. The number of amides is 1. The summed E-state index contributed by atoms with van der Waals surface area (Å²) < 4.78 is 17.5. The second-order valence-electron chi connectivity index (χ2n) is 9.09. The van der Waals surface area contributed by atoms with Gasteiger partial charge in [0.25, 0.3) is 11.9 Å². The van der Waals surface area contributed by atoms with Crippen LogP contribution in [0.4, 0.5) is 17.5 Å². The number of fused-ring (bicyclic) bond motifs is 1. The number of hydrogen-bond donors (Lipinski definition) is 2. The summed E-state index contributed by atoms with van der Waals surface area (Å²) >= 11 is 0. The van der Waals surface area contributed by atoms with Crippen molar-refractivity contribution in [3.63, 3.8) is 0 Å². The predicted octanol–water partition coefficient (Wildman–Crippen LogP) is 1.20. The average Bonchev–Trinajstić information content (AvgIpc) is 3.61. The first-order valence-corrected chi connectivity index (χ1v) is 11.9. The quantitative estimate of drug-likeness (QED) is 0.529. The highest BCUT2D eigenvalue weighted by molar-refractivity contribution is 5.98. The van der Waals surface area contributed by atoms with Crippen LogP contribution in [0.3, 0.4) is 0 Å². The third kappa shape index (κ3) is 3.97. The van der Waals surface area contributed by atoms with Gasteiger partial charge in [-0.1, -0.05) is 0 Å². The van der Waals surface area contributed by atoms with Crippen LogP contribution in [0.15, 0.2) is 40.8 Å². The zero-order valence-corrected chi connectivity index (χ0v) is 19.8. The van der Waals surface area contributed by atoms with E-state index in [1.54, 1.807) is 11.1 Å². The molecule has 0 saturated carbocycles. The molecule has 2 atom stereocenters. The fourth-order valence-electron chi connectivity index (χ4n) is 4.82. The van der Waals surface area contributed by atoms with Crippen LogP contribution in [0.5, 0.6) is 0 Å². The maximum absolute atomic E-state index is 12.5. The van der Waals surface area contributed by atoms with Crippen molar-refractivity contribution in [3.05, 3.63) is 47.6 Å². The van der Waals surface area contributed by atoms with Crippen LogP contribution in [0.2, 0.25) is 0 Å². The third-order valence-corrected chi connectivity index (χ3v) is 6.60. The summed E-state index contributed by atoms with van der Waals surface area (Å²) in [5.74, 6) is -0.0725. The number of hydrogen-bond acceptors (Lipinski definition) is 11. The Kier molecular flexibility index (Phi) is 5.61. The molecule has 12 heteroatoms. The highest BCUT2D eigenvalue weighted by Crippen LogP contribution is 2.43. The number of β-amino-alcohol motifs (C(OH)–C–C–N with tert-alkyl or cyclic N) is 1. The fraction of sp³-hybridized carbons (Fsp3) is 0.417. The van der Waals surface area contributed by atoms with Gasteiger partial charge in [-0.05, 0) is 25.5 Å². The van der Waals surface area contributed by atoms with Crippen molar-refractivity contribution in [3.8, 4) is 0 Å². The molecular formula is C24H27N7O5. The zero-order chi connectivity index (χ0) is 24.8. The van der Waals surface area contributed by atoms with E-state index in [9.17, 15) is 9.90 Å². The van der Waals surface area contributed by atoms with Crippen LogP contribution < -0.4 is 20.4 Å². The first-order valence-electron chi connectivity index (χ1n) is 11.9. The van der Waals surface area contributed by atoms with E-state index in [0.29, 0.717) is 74.6 Å². The van der Waals surface area contributed by atoms with Gasteiger partial charge in [-0.2, -0.15) is 4.98 Å². The number of morpholine rings is 1. The van der Waals surface area contributed by atoms with Gasteiger partial charge in [-0.25, -0.2) is 4.98 Å². The molecule has 1 amide bonds. The normalized spacial score (nSPS) is 22.3. The number of aromatic nitrogens is 3. The molecule has 36 heavy (non-hydrogen) atoms. The molecule has 6 rings (SSSR count). The van der Waals surface area contributed by atoms with Crippen LogP contribution >= 0.6 is 0 Å². The van der Waals surface area contributed by atoms with Crippen molar-refractivity contribution in [2.45, 2.75) is 25.7 Å². The Morgan fingerprint density at radius 1 is 1.17 bits per heavy atom. The molecule has 3 aromatic heterocycles. The van der Waals surface area contributed by atoms with Gasteiger partial charge in [0, 0.05) is 49.7 Å². The summed E-state index contributed by atoms with van der Waals surface area (Å²) in [6.45, 7) is 5.43. The molecule has 3 N–H and O–H groups in total. The van der Waals surface area contributed by atoms with Crippen LogP contribution in [0.25, 0.3) is 11.2 Å². The maximum Gasteiger partial charge on any atom is 0.300 e. The molecule has 1 unspecified atom stereocenters. The van der Waals surface area contributed by atoms with Gasteiger partial charge < -0.3 is 34.5 Å². The lowest BCUT2D eigenvalue weighted by molar-refractivity contribution is -0.114. The van der Waals surface area contributed by atoms with Crippen molar-refractivity contribution in [1.82, 2.24) is 15.0 Å². The Morgan fingerprint density at radius 3 is 2.72 bits per heavy atom. The predicted molar refractivity (Wildman–Crippen MR) is 130 cm³/mol. The summed E-state index contributed by atoms with van der Waals surface area (Å²) in [5, 5.41) is 10.3. The molecule has 0 aliphatic carbocycles. The van der Waals surface area contributed by atoms with Gasteiger partial charge in [0.15, 0.2) is 11.4 Å². The molecule has 2 fully saturated rings. The summed E-state index contributed by atoms with van der Waals surface area (Å²) in [7, 11) is 0. The number of nitrogens with zero attached hydrogens (tertiary/aromatic N) is 6. The number of rotatable bonds is 5. The van der Waals surface area contributed by atoms with Gasteiger partial charge in [0.05, 0.1) is 25.0 Å². The van der Waals surface area contributed by atoms with E-state index in [4.69, 9.17) is 24.6 Å². The summed E-state index contributed by atoms with van der Waals surface area (Å²) in [6, 6.07) is 6.01. The lowest BCUT2D eigenvalue weighted by Crippen LogP contribution is -2.36. The number of aliphatic hydroxyl groups is 1. The lowest BCUT2D eigenvalue weighted by atomic mass is 10.1. The molecule has 0 aromatic carbocycles. The molecule has 12 nitrogen and oxygen atoms in total. The van der Waals surface area contributed by atoms with E-state index in [0.717, 1.165) is 11.3 Å². The van der Waals surface area contributed by atoms with E-state index in [-0.39, 0.29) is 5.70 Å². The third-order valence-electron chi connectivity index (χ3n) is 6.60. The Labute approximate surface area is 206 Å². The lowest BCUT2D eigenvalue weighted by Gasteiger charge is -2.30. The fourth-order valence-corrected chi connectivity index (χ4v) is 4.82. The Morgan fingerprint density at radius 2 is 2.00 bits per heavy atom. The molecule has 3 aliphatic heterocycles. The topological polar surface area (TPSA) is 143 Å². The number of anilines is 3. The summed E-state index contributed by atoms with van der Waals surface area (Å²) in [6.07, 6.45) is 2.53. The van der Waals surface area contributed by atoms with E-state index < -0.39 is 18.2 Å². The highest BCUT2D eigenvalue weighted by Gasteiger charge is 2.38. The van der Waals surface area contributed by atoms with Crippen molar-refractivity contribution >= 4 is 34.7 Å². The largest absolute Gasteiger partial charge is 0.471 e. The standard InChI is InChI=1S/C24H27N7O5/c1-14-10-15(2-4-26-14)23-31(18(13-35-23)20(25)33)17-11-19-21(27-22(17)30-5-3-16(32)12-30)28-24(36-19)29-6-8-34-9-7-29/h2,4,10-11,13,16,23,32H,3,5-9,12H2,1H3,(H2,25,33)/t16?,23-/m0/s1. The number of aliphatic hydroxyl groups excluding tert-OH is 1. The van der Waals surface area contributed by atoms with Crippen LogP contribution in [-0.2, 0) is 14.3 Å². The average molecular weight is 494 g/mol. The minimum Gasteiger partial charge on any atom is -0.471 e. The number of carbonyl (C=O) groups is 1. The van der Waals surface area contributed by atoms with Crippen LogP contribution in [0, 0.1) is 6.92 Å². The second-order valence-corrected chi connectivity index (χ2v) is 9.09. The minimum atomic E-state index is -0.665. The van der Waals surface area contributed by atoms with Gasteiger partial charge >= 0.3 is 0 Å². The van der Waals surface area contributed by atoms with E-state index in [1.807, 2.05) is 34.9 Å². The highest BCUT2D eigenvalue weighted by atomic mass is 16.5. The van der Waals surface area contributed by atoms with E-state index in [2.05, 4.69) is 9.97 Å². The molecule has 3 aliphatic rings. The maximum atomic E-state index is 12.5. The zero-order valence-electron chi connectivity index (χ0n) is 19.8. The van der Waals surface area contributed by atoms with Crippen molar-refractivity contribution < 1.29 is 23.8 Å². The number of ether oxygens (including phenoxy) is 2. The Balaban J connectivity index is 1.49. The van der Waals surface area contributed by atoms with Gasteiger partial charge in [-0.15, -0.1) is 0 Å². The van der Waals surface area contributed by atoms with Gasteiger partial charge in [0.2, 0.25) is 11.9 Å². The second kappa shape index (κ2) is 8.95. The number of aryl methyl sites for hydroxylation is 1. The van der Waals surface area contributed by atoms with Crippen LogP contribution in [0.1, 0.15) is 23.9 Å². The van der Waals surface area contributed by atoms with Gasteiger partial charge in [-0.3, -0.25) is 14.7 Å². The molecule has 3 aromatic rings. The monoisotopic (exact) mass is 493 g/mol. The number of carbonyl (C=O) groups excluding carboxylic acids is 1. The summed E-state index contributed by atoms with van der Waals surface area (Å²) in [5.41, 5.74) is 9.04. The van der Waals surface area contributed by atoms with Crippen molar-refractivity contribution in [2.24, 2.45) is 5.73 Å². The molecule has 6 heterocycles. The molecule has 0 radical (unpaired) electrons. The van der Waals surface area contributed by atoms with E-state index in [1.165, 1.54) is 6.26 Å². The number of primary amides is 1. The molecular weight excluding hydrogens is 466 g/mol. The molecule has 0 bridgehead atoms. The minimum absolute atomic E-state index is 0.185.